The number of hydrogen-bond acceptors (Lipinski definition) is 5. The van der Waals surface area contributed by atoms with Gasteiger partial charge in [0.1, 0.15) is 12.4 Å². The highest BCUT2D eigenvalue weighted by Crippen LogP contribution is 2.27. The van der Waals surface area contributed by atoms with Crippen molar-refractivity contribution in [3.8, 4) is 5.75 Å². The summed E-state index contributed by atoms with van der Waals surface area (Å²) < 4.78 is 6.78. The van der Waals surface area contributed by atoms with Gasteiger partial charge in [-0.25, -0.2) is 4.98 Å². The Kier molecular flexibility index (Phi) is 5.11. The highest BCUT2D eigenvalue weighted by molar-refractivity contribution is 7.22. The molecule has 4 rings (SSSR count). The number of thiophene rings is 1. The third-order valence-corrected chi connectivity index (χ3v) is 6.02. The third-order valence-electron chi connectivity index (χ3n) is 3.86. The Hall–Kier alpha value is -2.41. The molecule has 0 atom stereocenters. The van der Waals surface area contributed by atoms with Gasteiger partial charge in [-0.05, 0) is 60.3 Å². The molecule has 136 valence electrons. The lowest BCUT2D eigenvalue weighted by Crippen LogP contribution is -2.09. The van der Waals surface area contributed by atoms with Gasteiger partial charge in [-0.3, -0.25) is 10.1 Å². The zero-order valence-electron chi connectivity index (χ0n) is 14.4. The van der Waals surface area contributed by atoms with Crippen molar-refractivity contribution in [1.82, 2.24) is 4.98 Å². The predicted molar refractivity (Wildman–Crippen MR) is 112 cm³/mol. The first-order valence-corrected chi connectivity index (χ1v) is 10.3. The lowest BCUT2D eigenvalue weighted by atomic mass is 10.2. The molecule has 0 fully saturated rings. The van der Waals surface area contributed by atoms with E-state index < -0.39 is 0 Å². The van der Waals surface area contributed by atoms with Crippen molar-refractivity contribution in [2.45, 2.75) is 13.5 Å². The number of anilines is 1. The zero-order chi connectivity index (χ0) is 18.8. The Bertz CT molecular complexity index is 1100. The second-order valence-electron chi connectivity index (χ2n) is 6.01. The molecule has 0 aliphatic carbocycles. The van der Waals surface area contributed by atoms with Crippen LogP contribution in [0.15, 0.2) is 53.9 Å². The van der Waals surface area contributed by atoms with Crippen LogP contribution in [0.3, 0.4) is 0 Å². The van der Waals surface area contributed by atoms with Crippen molar-refractivity contribution in [3.63, 3.8) is 0 Å². The van der Waals surface area contributed by atoms with Crippen molar-refractivity contribution in [2.24, 2.45) is 0 Å². The number of nitrogens with one attached hydrogen (secondary N) is 1. The summed E-state index contributed by atoms with van der Waals surface area (Å²) in [6, 6.07) is 15.1. The van der Waals surface area contributed by atoms with Gasteiger partial charge in [0.2, 0.25) is 0 Å². The highest BCUT2D eigenvalue weighted by Gasteiger charge is 2.13. The van der Waals surface area contributed by atoms with Crippen molar-refractivity contribution in [2.75, 3.05) is 5.32 Å². The van der Waals surface area contributed by atoms with Crippen LogP contribution in [0.2, 0.25) is 5.02 Å². The molecule has 7 heteroatoms. The molecular formula is C20H15ClN2O2S2. The number of halogens is 1. The maximum Gasteiger partial charge on any atom is 0.267 e. The molecule has 4 aromatic rings. The number of ether oxygens (including phenoxy) is 1. The summed E-state index contributed by atoms with van der Waals surface area (Å²) in [6.07, 6.45) is 0. The summed E-state index contributed by atoms with van der Waals surface area (Å²) in [5.74, 6) is 0.579. The van der Waals surface area contributed by atoms with E-state index in [1.807, 2.05) is 42.6 Å². The number of aromatic nitrogens is 1. The van der Waals surface area contributed by atoms with Gasteiger partial charge in [0.25, 0.3) is 5.91 Å². The molecule has 4 nitrogen and oxygen atoms in total. The lowest BCUT2D eigenvalue weighted by molar-refractivity contribution is 0.103. The topological polar surface area (TPSA) is 51.2 Å². The van der Waals surface area contributed by atoms with Crippen molar-refractivity contribution in [1.29, 1.82) is 0 Å². The minimum absolute atomic E-state index is 0.159. The van der Waals surface area contributed by atoms with Crippen LogP contribution in [0.1, 0.15) is 20.8 Å². The van der Waals surface area contributed by atoms with E-state index in [2.05, 4.69) is 16.4 Å². The van der Waals surface area contributed by atoms with Crippen LogP contribution in [0.4, 0.5) is 5.13 Å². The van der Waals surface area contributed by atoms with E-state index in [0.29, 0.717) is 21.6 Å². The monoisotopic (exact) mass is 414 g/mol. The number of hydrogen-bond donors (Lipinski definition) is 1. The molecule has 27 heavy (non-hydrogen) atoms. The molecule has 1 N–H and O–H groups in total. The second-order valence-corrected chi connectivity index (χ2v) is 8.38. The first-order chi connectivity index (χ1) is 13.1. The first-order valence-electron chi connectivity index (χ1n) is 8.21. The van der Waals surface area contributed by atoms with E-state index in [0.717, 1.165) is 21.5 Å². The third kappa shape index (κ3) is 4.30. The molecule has 0 aliphatic heterocycles. The molecule has 0 bridgehead atoms. The number of nitrogens with zero attached hydrogens (tertiary/aromatic N) is 1. The van der Waals surface area contributed by atoms with Crippen molar-refractivity contribution < 1.29 is 9.53 Å². The van der Waals surface area contributed by atoms with E-state index >= 15 is 0 Å². The number of rotatable bonds is 5. The van der Waals surface area contributed by atoms with E-state index in [1.54, 1.807) is 12.1 Å². The largest absolute Gasteiger partial charge is 0.489 e. The standard InChI is InChI=1S/C20H15ClN2O2S2/c1-12-2-7-16-17(8-12)27-20(22-16)23-19(24)18-9-13(11-26-18)10-25-15-5-3-14(21)4-6-15/h2-9,11H,10H2,1H3,(H,22,23,24). The number of amides is 1. The van der Waals surface area contributed by atoms with Gasteiger partial charge < -0.3 is 4.74 Å². The van der Waals surface area contributed by atoms with Gasteiger partial charge >= 0.3 is 0 Å². The molecular weight excluding hydrogens is 400 g/mol. The van der Waals surface area contributed by atoms with Gasteiger partial charge in [-0.1, -0.05) is 29.0 Å². The maximum absolute atomic E-state index is 12.5. The van der Waals surface area contributed by atoms with Crippen LogP contribution in [0.5, 0.6) is 5.75 Å². The number of benzene rings is 2. The molecule has 0 saturated carbocycles. The van der Waals surface area contributed by atoms with Crippen molar-refractivity contribution in [3.05, 3.63) is 74.9 Å². The van der Waals surface area contributed by atoms with E-state index in [9.17, 15) is 4.79 Å². The van der Waals surface area contributed by atoms with Crippen LogP contribution >= 0.6 is 34.3 Å². The summed E-state index contributed by atoms with van der Waals surface area (Å²) in [6.45, 7) is 2.43. The Morgan fingerprint density at radius 1 is 1.19 bits per heavy atom. The summed E-state index contributed by atoms with van der Waals surface area (Å²) >= 11 is 8.73. The Labute approximate surface area is 169 Å². The minimum atomic E-state index is -0.159. The summed E-state index contributed by atoms with van der Waals surface area (Å²) in [5.41, 5.74) is 3.01. The summed E-state index contributed by atoms with van der Waals surface area (Å²) in [5, 5.41) is 6.08. The molecule has 0 saturated heterocycles. The lowest BCUT2D eigenvalue weighted by Gasteiger charge is -2.04. The fraction of sp³-hybridized carbons (Fsp3) is 0.100. The molecule has 2 aromatic heterocycles. The van der Waals surface area contributed by atoms with Crippen LogP contribution in [-0.2, 0) is 6.61 Å². The van der Waals surface area contributed by atoms with Gasteiger partial charge in [0.05, 0.1) is 15.1 Å². The van der Waals surface area contributed by atoms with E-state index in [4.69, 9.17) is 16.3 Å². The van der Waals surface area contributed by atoms with E-state index in [1.165, 1.54) is 28.2 Å². The fourth-order valence-electron chi connectivity index (χ4n) is 2.51. The number of thiazole rings is 1. The summed E-state index contributed by atoms with van der Waals surface area (Å²) in [4.78, 5) is 17.6. The number of carbonyl (C=O) groups is 1. The molecule has 1 amide bonds. The second kappa shape index (κ2) is 7.68. The average Bonchev–Trinajstić information content (AvgIpc) is 3.27. The normalized spacial score (nSPS) is 10.9. The van der Waals surface area contributed by atoms with Gasteiger partial charge in [0, 0.05) is 10.6 Å². The van der Waals surface area contributed by atoms with Gasteiger partial charge in [-0.15, -0.1) is 11.3 Å². The maximum atomic E-state index is 12.5. The van der Waals surface area contributed by atoms with Gasteiger partial charge in [-0.2, -0.15) is 0 Å². The molecule has 2 aromatic carbocycles. The Morgan fingerprint density at radius 2 is 2.00 bits per heavy atom. The van der Waals surface area contributed by atoms with Crippen LogP contribution in [0, 0.1) is 6.92 Å². The number of fused-ring (bicyclic) bond motifs is 1. The van der Waals surface area contributed by atoms with E-state index in [-0.39, 0.29) is 5.91 Å². The highest BCUT2D eigenvalue weighted by atomic mass is 35.5. The van der Waals surface area contributed by atoms with Gasteiger partial charge in [0.15, 0.2) is 5.13 Å². The van der Waals surface area contributed by atoms with Crippen LogP contribution in [0.25, 0.3) is 10.2 Å². The minimum Gasteiger partial charge on any atom is -0.489 e. The zero-order valence-corrected chi connectivity index (χ0v) is 16.8. The Morgan fingerprint density at radius 3 is 2.81 bits per heavy atom. The Balaban J connectivity index is 1.40. The average molecular weight is 415 g/mol. The molecule has 0 unspecified atom stereocenters. The molecule has 0 spiro atoms. The molecule has 0 radical (unpaired) electrons. The number of aryl methyl sites for hydroxylation is 1. The molecule has 2 heterocycles. The van der Waals surface area contributed by atoms with Crippen molar-refractivity contribution >= 4 is 55.5 Å². The quantitative estimate of drug-likeness (QED) is 0.426. The first kappa shape index (κ1) is 18.0. The smallest absolute Gasteiger partial charge is 0.267 e. The summed E-state index contributed by atoms with van der Waals surface area (Å²) in [7, 11) is 0. The van der Waals surface area contributed by atoms with Crippen LogP contribution < -0.4 is 10.1 Å². The fourth-order valence-corrected chi connectivity index (χ4v) is 4.39. The molecule has 0 aliphatic rings. The number of carbonyl (C=O) groups excluding carboxylic acids is 1. The predicted octanol–water partition coefficient (Wildman–Crippen LogP) is 6.15. The SMILES string of the molecule is Cc1ccc2nc(NC(=O)c3cc(COc4ccc(Cl)cc4)cs3)sc2c1. The van der Waals surface area contributed by atoms with Crippen LogP contribution in [-0.4, -0.2) is 10.9 Å².